The fourth-order valence-electron chi connectivity index (χ4n) is 7.38. The van der Waals surface area contributed by atoms with Crippen LogP contribution in [0.2, 0.25) is 18.1 Å². The van der Waals surface area contributed by atoms with Gasteiger partial charge >= 0.3 is 6.01 Å². The maximum absolute atomic E-state index is 14.4. The normalized spacial score (nSPS) is 32.4. The van der Waals surface area contributed by atoms with E-state index in [1.165, 1.54) is 0 Å². The molecule has 6 rings (SSSR count). The summed E-state index contributed by atoms with van der Waals surface area (Å²) < 4.78 is 36.5. The average molecular weight is 668 g/mol. The minimum Gasteiger partial charge on any atom is -0.559 e. The second kappa shape index (κ2) is 10.9. The first-order valence-electron chi connectivity index (χ1n) is 15.7. The minimum atomic E-state index is -2.00. The fourth-order valence-corrected chi connectivity index (χ4v) is 9.72. The molecule has 0 amide bonds. The van der Waals surface area contributed by atoms with Crippen LogP contribution in [0.1, 0.15) is 78.7 Å². The van der Waals surface area contributed by atoms with Gasteiger partial charge in [0, 0.05) is 44.8 Å². The van der Waals surface area contributed by atoms with E-state index in [4.69, 9.17) is 28.9 Å². The van der Waals surface area contributed by atoms with Crippen molar-refractivity contribution in [2.75, 3.05) is 44.8 Å². The van der Waals surface area contributed by atoms with E-state index in [0.717, 1.165) is 74.2 Å². The Balaban J connectivity index is 1.35. The van der Waals surface area contributed by atoms with Crippen molar-refractivity contribution in [3.63, 3.8) is 0 Å². The first-order valence-corrected chi connectivity index (χ1v) is 19.4. The van der Waals surface area contributed by atoms with Gasteiger partial charge in [0.05, 0.1) is 11.6 Å². The number of aromatic nitrogens is 4. The molecule has 3 saturated heterocycles. The molecule has 1 aliphatic carbocycles. The smallest absolute Gasteiger partial charge is 0.320 e. The van der Waals surface area contributed by atoms with Crippen LogP contribution in [-0.4, -0.2) is 96.0 Å². The number of nitrogens with zero attached hydrogens (tertiary/aromatic N) is 6. The summed E-state index contributed by atoms with van der Waals surface area (Å²) in [5.41, 5.74) is 0.994. The number of fused-ring (bicyclic) bond motifs is 2. The molecule has 0 spiro atoms. The number of imidazole rings is 1. The summed E-state index contributed by atoms with van der Waals surface area (Å²) in [6.07, 6.45) is 5.85. The largest absolute Gasteiger partial charge is 0.559 e. The zero-order valence-corrected chi connectivity index (χ0v) is 29.0. The quantitative estimate of drug-likeness (QED) is 0.241. The molecule has 3 aliphatic heterocycles. The molecule has 0 aromatic carbocycles. The number of anilines is 1. The summed E-state index contributed by atoms with van der Waals surface area (Å²) in [6, 6.07) is 0.577. The molecule has 1 saturated carbocycles. The SMILES string of the molecule is COC1CC(n2c(Br)nc3nc(OC[C@@]45CCCN4C[C@H](F)C5)nc(N4CCC[C@@](C)(O[Si-](C)(C)C(C)(C)C)C4)c32)C1. The Morgan fingerprint density at radius 2 is 1.83 bits per heavy atom. The van der Waals surface area contributed by atoms with Crippen molar-refractivity contribution in [1.82, 2.24) is 24.4 Å². The lowest BCUT2D eigenvalue weighted by molar-refractivity contribution is 0.00670. The van der Waals surface area contributed by atoms with Crippen LogP contribution in [-0.2, 0) is 9.16 Å². The monoisotopic (exact) mass is 666 g/mol. The molecule has 4 fully saturated rings. The molecular weight excluding hydrogens is 619 g/mol. The summed E-state index contributed by atoms with van der Waals surface area (Å²) in [7, 11) is -0.223. The third-order valence-corrected chi connectivity index (χ3v) is 15.9. The first-order chi connectivity index (χ1) is 19.7. The lowest BCUT2D eigenvalue weighted by Crippen LogP contribution is -2.55. The number of rotatable bonds is 8. The van der Waals surface area contributed by atoms with Crippen molar-refractivity contribution in [2.45, 2.75) is 120 Å². The molecule has 42 heavy (non-hydrogen) atoms. The van der Waals surface area contributed by atoms with Gasteiger partial charge in [0.1, 0.15) is 18.3 Å². The minimum absolute atomic E-state index is 0.124. The standard InChI is InChI=1S/C30H48BrFN6O3Si/c1-28(2,3)42(6,7)41-29(4)10-8-12-36(18-29)25-23-24(33-26(31)38(23)21-14-22(15-21)39-5)34-27(35-25)40-19-30-11-9-13-37(30)17-20(32)16-30/h20-22H,8-19H2,1-7H3/q-1/t20-,21?,22?,29-,30+/m1/s1. The fraction of sp³-hybridized carbons (Fsp3) is 0.833. The van der Waals surface area contributed by atoms with Crippen molar-refractivity contribution >= 4 is 41.2 Å². The summed E-state index contributed by atoms with van der Waals surface area (Å²) >= 11 is 3.75. The molecule has 0 unspecified atom stereocenters. The second-order valence-corrected chi connectivity index (χ2v) is 20.4. The molecule has 2 aromatic heterocycles. The zero-order valence-electron chi connectivity index (χ0n) is 26.4. The van der Waals surface area contributed by atoms with Crippen molar-refractivity contribution < 1.29 is 18.3 Å². The second-order valence-electron chi connectivity index (χ2n) is 14.9. The van der Waals surface area contributed by atoms with Crippen LogP contribution in [0.25, 0.3) is 11.2 Å². The third-order valence-electron chi connectivity index (χ3n) is 10.7. The Morgan fingerprint density at radius 1 is 1.10 bits per heavy atom. The highest BCUT2D eigenvalue weighted by atomic mass is 79.9. The number of hydrogen-bond donors (Lipinski definition) is 0. The molecule has 235 valence electrons. The van der Waals surface area contributed by atoms with E-state index in [1.807, 2.05) is 0 Å². The predicted octanol–water partition coefficient (Wildman–Crippen LogP) is 6.27. The summed E-state index contributed by atoms with van der Waals surface area (Å²) in [5.74, 6) is 0.842. The van der Waals surface area contributed by atoms with Crippen LogP contribution in [0.4, 0.5) is 10.2 Å². The summed E-state index contributed by atoms with van der Waals surface area (Å²) in [4.78, 5) is 19.4. The number of halogens is 2. The van der Waals surface area contributed by atoms with Gasteiger partial charge in [0.2, 0.25) is 0 Å². The highest BCUT2D eigenvalue weighted by molar-refractivity contribution is 9.10. The van der Waals surface area contributed by atoms with E-state index < -0.39 is 14.5 Å². The topological polar surface area (TPSA) is 77.8 Å². The molecule has 0 radical (unpaired) electrons. The van der Waals surface area contributed by atoms with Gasteiger partial charge in [-0.05, 0) is 76.2 Å². The Bertz CT molecular complexity index is 1320. The number of methoxy groups -OCH3 is 1. The third kappa shape index (κ3) is 5.52. The van der Waals surface area contributed by atoms with Gasteiger partial charge in [-0.1, -0.05) is 20.8 Å². The van der Waals surface area contributed by atoms with Crippen LogP contribution in [0.15, 0.2) is 4.73 Å². The first kappa shape index (κ1) is 30.7. The Hall–Kier alpha value is -1.34. The van der Waals surface area contributed by atoms with Gasteiger partial charge in [-0.2, -0.15) is 9.97 Å². The summed E-state index contributed by atoms with van der Waals surface area (Å²) in [5, 5.41) is 0.124. The lowest BCUT2D eigenvalue weighted by atomic mass is 9.89. The molecule has 4 aliphatic rings. The van der Waals surface area contributed by atoms with Crippen LogP contribution < -0.4 is 9.64 Å². The number of ether oxygens (including phenoxy) is 2. The maximum atomic E-state index is 14.4. The Labute approximate surface area is 259 Å². The van der Waals surface area contributed by atoms with Crippen molar-refractivity contribution in [3.05, 3.63) is 4.73 Å². The van der Waals surface area contributed by atoms with E-state index in [1.54, 1.807) is 7.11 Å². The van der Waals surface area contributed by atoms with E-state index in [0.29, 0.717) is 31.2 Å². The van der Waals surface area contributed by atoms with Crippen LogP contribution >= 0.6 is 15.9 Å². The number of piperidine rings is 1. The van der Waals surface area contributed by atoms with Gasteiger partial charge in [0.25, 0.3) is 0 Å². The average Bonchev–Trinajstić information content (AvgIpc) is 3.50. The van der Waals surface area contributed by atoms with Gasteiger partial charge in [-0.15, -0.1) is 18.1 Å². The Morgan fingerprint density at radius 3 is 2.55 bits per heavy atom. The van der Waals surface area contributed by atoms with Crippen LogP contribution in [0, 0.1) is 0 Å². The molecule has 0 bridgehead atoms. The highest BCUT2D eigenvalue weighted by Crippen LogP contribution is 2.45. The van der Waals surface area contributed by atoms with E-state index in [2.05, 4.69) is 71.1 Å². The highest BCUT2D eigenvalue weighted by Gasteiger charge is 2.49. The van der Waals surface area contributed by atoms with Gasteiger partial charge in [-0.3, -0.25) is 4.90 Å². The predicted molar refractivity (Wildman–Crippen MR) is 169 cm³/mol. The lowest BCUT2D eigenvalue weighted by Gasteiger charge is -2.56. The van der Waals surface area contributed by atoms with Crippen LogP contribution in [0.5, 0.6) is 6.01 Å². The van der Waals surface area contributed by atoms with Crippen molar-refractivity contribution in [2.24, 2.45) is 0 Å². The van der Waals surface area contributed by atoms with E-state index in [9.17, 15) is 4.39 Å². The van der Waals surface area contributed by atoms with Crippen molar-refractivity contribution in [3.8, 4) is 6.01 Å². The van der Waals surface area contributed by atoms with Gasteiger partial charge in [0.15, 0.2) is 16.2 Å². The molecule has 5 heterocycles. The van der Waals surface area contributed by atoms with Crippen LogP contribution in [0.3, 0.4) is 0 Å². The molecule has 2 aromatic rings. The van der Waals surface area contributed by atoms with E-state index in [-0.39, 0.29) is 28.3 Å². The molecular formula is C30H48BrFN6O3Si-. The summed E-state index contributed by atoms with van der Waals surface area (Å²) in [6.45, 7) is 17.2. The number of hydrogen-bond acceptors (Lipinski definition) is 8. The molecule has 3 atom stereocenters. The Kier molecular flexibility index (Phi) is 7.98. The zero-order chi connectivity index (χ0) is 30.1. The molecule has 0 N–H and O–H groups in total. The molecule has 12 heteroatoms. The van der Waals surface area contributed by atoms with Gasteiger partial charge in [-0.25, -0.2) is 9.37 Å². The molecule has 9 nitrogen and oxygen atoms in total. The van der Waals surface area contributed by atoms with Gasteiger partial charge < -0.3 is 23.4 Å². The van der Waals surface area contributed by atoms with E-state index >= 15 is 0 Å². The van der Waals surface area contributed by atoms with Crippen molar-refractivity contribution in [1.29, 1.82) is 0 Å². The number of alkyl halides is 1. The maximum Gasteiger partial charge on any atom is 0.320 e.